The van der Waals surface area contributed by atoms with Crippen LogP contribution in [0.15, 0.2) is 106 Å². The van der Waals surface area contributed by atoms with Gasteiger partial charge in [-0.15, -0.1) is 0 Å². The Hall–Kier alpha value is -3.53. The molecule has 0 N–H and O–H groups in total. The summed E-state index contributed by atoms with van der Waals surface area (Å²) < 4.78 is 13.9. The summed E-state index contributed by atoms with van der Waals surface area (Å²) in [4.78, 5) is 13.2. The molecule has 3 aromatic carbocycles. The molecule has 1 aliphatic carbocycles. The molecule has 5 rings (SSSR count). The lowest BCUT2D eigenvalue weighted by molar-refractivity contribution is 0.0165. The van der Waals surface area contributed by atoms with Crippen LogP contribution in [0.3, 0.4) is 0 Å². The summed E-state index contributed by atoms with van der Waals surface area (Å²) in [7, 11) is 0. The highest BCUT2D eigenvalue weighted by molar-refractivity contribution is 5.33. The van der Waals surface area contributed by atoms with Crippen molar-refractivity contribution in [3.63, 3.8) is 0 Å². The van der Waals surface area contributed by atoms with E-state index in [1.807, 2.05) is 60.7 Å². The predicted molar refractivity (Wildman–Crippen MR) is 143 cm³/mol. The molecule has 1 saturated carbocycles. The van der Waals surface area contributed by atoms with Crippen LogP contribution in [0.5, 0.6) is 5.95 Å². The van der Waals surface area contributed by atoms with Gasteiger partial charge in [-0.1, -0.05) is 118 Å². The molecule has 36 heavy (non-hydrogen) atoms. The molecule has 0 unspecified atom stereocenters. The molecule has 1 fully saturated rings. The van der Waals surface area contributed by atoms with Crippen LogP contribution in [-0.2, 0) is 5.41 Å². The van der Waals surface area contributed by atoms with Crippen molar-refractivity contribution in [1.82, 2.24) is 4.57 Å². The van der Waals surface area contributed by atoms with E-state index in [4.69, 9.17) is 9.15 Å². The first-order valence-electron chi connectivity index (χ1n) is 13.0. The van der Waals surface area contributed by atoms with E-state index in [0.29, 0.717) is 17.8 Å². The van der Waals surface area contributed by atoms with Gasteiger partial charge in [-0.2, -0.15) is 0 Å². The molecule has 4 nitrogen and oxygen atoms in total. The van der Waals surface area contributed by atoms with E-state index in [-0.39, 0.29) is 17.6 Å². The molecule has 1 aromatic heterocycles. The molecule has 4 aromatic rings. The second kappa shape index (κ2) is 10.2. The third-order valence-electron chi connectivity index (χ3n) is 7.92. The second-order valence-corrected chi connectivity index (χ2v) is 10.7. The zero-order chi connectivity index (χ0) is 25.1. The average molecular weight is 482 g/mol. The molecule has 0 spiro atoms. The van der Waals surface area contributed by atoms with Crippen molar-refractivity contribution < 1.29 is 9.15 Å². The fraction of sp³-hybridized carbons (Fsp3) is 0.344. The molecular weight excluding hydrogens is 446 g/mol. The zero-order valence-corrected chi connectivity index (χ0v) is 21.3. The largest absolute Gasteiger partial charge is 0.460 e. The van der Waals surface area contributed by atoms with Gasteiger partial charge in [0.05, 0.1) is 12.2 Å². The van der Waals surface area contributed by atoms with E-state index in [0.717, 1.165) is 24.0 Å². The Morgan fingerprint density at radius 3 is 2.00 bits per heavy atom. The average Bonchev–Trinajstić information content (AvgIpc) is 3.25. The topological polar surface area (TPSA) is 44.4 Å². The highest BCUT2D eigenvalue weighted by Gasteiger charge is 2.41. The molecule has 0 bridgehead atoms. The van der Waals surface area contributed by atoms with Crippen LogP contribution in [0.25, 0.3) is 0 Å². The Kier molecular flexibility index (Phi) is 6.86. The Labute approximate surface area is 213 Å². The molecule has 186 valence electrons. The van der Waals surface area contributed by atoms with Gasteiger partial charge >= 0.3 is 11.7 Å². The fourth-order valence-corrected chi connectivity index (χ4v) is 5.87. The monoisotopic (exact) mass is 481 g/mol. The minimum Gasteiger partial charge on any atom is -0.460 e. The number of hydrogen-bond acceptors (Lipinski definition) is 3. The van der Waals surface area contributed by atoms with Gasteiger partial charge in [-0.25, -0.2) is 4.79 Å². The first kappa shape index (κ1) is 24.2. The highest BCUT2D eigenvalue weighted by Crippen LogP contribution is 2.44. The van der Waals surface area contributed by atoms with Crippen LogP contribution in [-0.4, -0.2) is 10.7 Å². The van der Waals surface area contributed by atoms with E-state index < -0.39 is 5.76 Å². The summed E-state index contributed by atoms with van der Waals surface area (Å²) in [5.41, 5.74) is 3.29. The third kappa shape index (κ3) is 4.90. The van der Waals surface area contributed by atoms with E-state index in [2.05, 4.69) is 51.1 Å². The number of hydrogen-bond donors (Lipinski definition) is 0. The number of rotatable bonds is 7. The lowest BCUT2D eigenvalue weighted by Crippen LogP contribution is -2.44. The van der Waals surface area contributed by atoms with Crippen molar-refractivity contribution in [3.05, 3.63) is 124 Å². The van der Waals surface area contributed by atoms with Gasteiger partial charge in [0.2, 0.25) is 0 Å². The van der Waals surface area contributed by atoms with Crippen LogP contribution in [0.4, 0.5) is 0 Å². The number of benzene rings is 3. The van der Waals surface area contributed by atoms with Gasteiger partial charge in [-0.3, -0.25) is 4.57 Å². The minimum atomic E-state index is -0.412. The number of aromatic nitrogens is 1. The molecular formula is C32H35NO3. The lowest BCUT2D eigenvalue weighted by atomic mass is 9.64. The Bertz CT molecular complexity index is 1270. The molecule has 4 heteroatoms. The highest BCUT2D eigenvalue weighted by atomic mass is 16.6. The normalized spacial score (nSPS) is 20.4. The SMILES string of the molecule is C[C@@H]1CC[C@@H](C(C)(C)c2ccccc2)[C@@H](Oc2cn(C(c3ccccc3)c3ccccc3)c(=O)o2)C1. The van der Waals surface area contributed by atoms with E-state index in [1.54, 1.807) is 10.8 Å². The number of ether oxygens (including phenoxy) is 1. The summed E-state index contributed by atoms with van der Waals surface area (Å²) in [6, 6.07) is 30.5. The maximum absolute atomic E-state index is 13.2. The maximum Gasteiger partial charge on any atom is 0.422 e. The summed E-state index contributed by atoms with van der Waals surface area (Å²) in [6.45, 7) is 6.90. The molecule has 0 radical (unpaired) electrons. The van der Waals surface area contributed by atoms with Crippen molar-refractivity contribution in [2.75, 3.05) is 0 Å². The van der Waals surface area contributed by atoms with Gasteiger partial charge in [0.25, 0.3) is 0 Å². The zero-order valence-electron chi connectivity index (χ0n) is 21.3. The first-order chi connectivity index (χ1) is 17.4. The Morgan fingerprint density at radius 1 is 0.861 bits per heavy atom. The minimum absolute atomic E-state index is 0.0325. The maximum atomic E-state index is 13.2. The molecule has 0 saturated heterocycles. The van der Waals surface area contributed by atoms with Gasteiger partial charge < -0.3 is 9.15 Å². The smallest absolute Gasteiger partial charge is 0.422 e. The quantitative estimate of drug-likeness (QED) is 0.279. The Balaban J connectivity index is 1.47. The summed E-state index contributed by atoms with van der Waals surface area (Å²) in [5, 5.41) is 0. The molecule has 1 heterocycles. The van der Waals surface area contributed by atoms with Gasteiger partial charge in [0.15, 0.2) is 0 Å². The van der Waals surface area contributed by atoms with Gasteiger partial charge in [0.1, 0.15) is 6.10 Å². The van der Waals surface area contributed by atoms with Crippen molar-refractivity contribution in [1.29, 1.82) is 0 Å². The standard InChI is InChI=1S/C32H35NO3/c1-23-19-20-27(32(2,3)26-17-11-6-12-18-26)28(21-23)35-29-22-33(31(34)36-29)30(24-13-7-4-8-14-24)25-15-9-5-10-16-25/h4-18,22-23,27-28,30H,19-21H2,1-3H3/t23-,27-,28+/m1/s1. The van der Waals surface area contributed by atoms with Crippen molar-refractivity contribution in [2.45, 2.75) is 57.6 Å². The van der Waals surface area contributed by atoms with E-state index in [1.165, 1.54) is 12.0 Å². The predicted octanol–water partition coefficient (Wildman–Crippen LogP) is 7.24. The molecule has 3 atom stereocenters. The number of nitrogens with zero attached hydrogens (tertiary/aromatic N) is 1. The lowest BCUT2D eigenvalue weighted by Gasteiger charge is -2.43. The van der Waals surface area contributed by atoms with Crippen LogP contribution in [0.1, 0.15) is 62.8 Å². The van der Waals surface area contributed by atoms with Gasteiger partial charge in [0, 0.05) is 5.92 Å². The Morgan fingerprint density at radius 2 is 1.42 bits per heavy atom. The van der Waals surface area contributed by atoms with Crippen LogP contribution in [0, 0.1) is 11.8 Å². The molecule has 1 aliphatic rings. The van der Waals surface area contributed by atoms with Crippen molar-refractivity contribution in [2.24, 2.45) is 11.8 Å². The van der Waals surface area contributed by atoms with Crippen LogP contribution >= 0.6 is 0 Å². The number of oxazole rings is 1. The van der Waals surface area contributed by atoms with Gasteiger partial charge in [-0.05, 0) is 40.9 Å². The molecule has 0 aliphatic heterocycles. The van der Waals surface area contributed by atoms with Crippen molar-refractivity contribution in [3.8, 4) is 5.95 Å². The van der Waals surface area contributed by atoms with E-state index >= 15 is 0 Å². The summed E-state index contributed by atoms with van der Waals surface area (Å²) in [6.07, 6.45) is 4.91. The van der Waals surface area contributed by atoms with Crippen LogP contribution < -0.4 is 10.5 Å². The fourth-order valence-electron chi connectivity index (χ4n) is 5.87. The van der Waals surface area contributed by atoms with Crippen molar-refractivity contribution >= 4 is 0 Å². The summed E-state index contributed by atoms with van der Waals surface area (Å²) >= 11 is 0. The second-order valence-electron chi connectivity index (χ2n) is 10.7. The van der Waals surface area contributed by atoms with Crippen LogP contribution in [0.2, 0.25) is 0 Å². The molecule has 0 amide bonds. The first-order valence-corrected chi connectivity index (χ1v) is 13.0. The van der Waals surface area contributed by atoms with E-state index in [9.17, 15) is 4.79 Å². The third-order valence-corrected chi connectivity index (χ3v) is 7.92. The summed E-state index contributed by atoms with van der Waals surface area (Å²) in [5.74, 6) is 0.757.